The molecule has 4 N–H and O–H groups in total. The minimum absolute atomic E-state index is 0.121. The van der Waals surface area contributed by atoms with E-state index in [2.05, 4.69) is 0 Å². The van der Waals surface area contributed by atoms with Crippen molar-refractivity contribution in [3.8, 4) is 0 Å². The van der Waals surface area contributed by atoms with Crippen molar-refractivity contribution in [3.05, 3.63) is 34.7 Å². The van der Waals surface area contributed by atoms with Crippen LogP contribution in [0.15, 0.2) is 24.3 Å². The van der Waals surface area contributed by atoms with Crippen LogP contribution >= 0.6 is 18.9 Å². The number of halogens is 1. The molecule has 0 aliphatic heterocycles. The van der Waals surface area contributed by atoms with Gasteiger partial charge in [0, 0.05) is 4.70 Å². The third kappa shape index (κ3) is 2.44. The smallest absolute Gasteiger partial charge is 0.363 e. The number of hydrogen-bond acceptors (Lipinski definition) is 3. The van der Waals surface area contributed by atoms with Gasteiger partial charge >= 0.3 is 7.60 Å². The molecular weight excluding hydrogens is 280 g/mol. The second kappa shape index (κ2) is 4.44. The Kier molecular flexibility index (Phi) is 3.25. The summed E-state index contributed by atoms with van der Waals surface area (Å²) in [4.78, 5) is 28.8. The molecule has 0 spiro atoms. The summed E-state index contributed by atoms with van der Waals surface area (Å²) in [6, 6.07) is 5.57. The van der Waals surface area contributed by atoms with Crippen molar-refractivity contribution in [1.82, 2.24) is 0 Å². The lowest BCUT2D eigenvalue weighted by Crippen LogP contribution is -2.07. The number of carbonyl (C=O) groups excluding carboxylic acids is 1. The molecule has 0 aliphatic carbocycles. The molecule has 1 aromatic carbocycles. The Morgan fingerprint density at radius 1 is 1.39 bits per heavy atom. The predicted octanol–water partition coefficient (Wildman–Crippen LogP) is 2.15. The van der Waals surface area contributed by atoms with Gasteiger partial charge in [0.25, 0.3) is 5.91 Å². The molecule has 1 heterocycles. The minimum Gasteiger partial charge on any atom is -0.365 e. The largest absolute Gasteiger partial charge is 0.365 e. The van der Waals surface area contributed by atoms with Crippen LogP contribution in [0.4, 0.5) is 4.39 Å². The van der Waals surface area contributed by atoms with Gasteiger partial charge in [-0.1, -0.05) is 6.07 Å². The fourth-order valence-electron chi connectivity index (χ4n) is 1.53. The van der Waals surface area contributed by atoms with Crippen LogP contribution in [0.1, 0.15) is 21.1 Å². The lowest BCUT2D eigenvalue weighted by molar-refractivity contribution is 0.100. The summed E-state index contributed by atoms with van der Waals surface area (Å²) < 4.78 is 25.0. The Balaban J connectivity index is 2.50. The van der Waals surface area contributed by atoms with Crippen molar-refractivity contribution in [2.45, 2.75) is 5.91 Å². The van der Waals surface area contributed by atoms with E-state index < -0.39 is 19.4 Å². The van der Waals surface area contributed by atoms with Crippen molar-refractivity contribution in [2.75, 3.05) is 0 Å². The first-order valence-corrected chi connectivity index (χ1v) is 7.31. The summed E-state index contributed by atoms with van der Waals surface area (Å²) in [5, 5.41) is 0.530. The van der Waals surface area contributed by atoms with Crippen molar-refractivity contribution in [3.63, 3.8) is 0 Å². The number of thiophene rings is 1. The highest BCUT2D eigenvalue weighted by atomic mass is 32.1. The first kappa shape index (κ1) is 13.2. The van der Waals surface area contributed by atoms with E-state index in [1.54, 1.807) is 0 Å². The molecule has 0 aliphatic rings. The molecule has 0 saturated heterocycles. The van der Waals surface area contributed by atoms with Crippen molar-refractivity contribution in [1.29, 1.82) is 0 Å². The maximum atomic E-state index is 13.5. The lowest BCUT2D eigenvalue weighted by Gasteiger charge is -2.09. The number of hydrogen-bond donors (Lipinski definition) is 3. The normalized spacial score (nSPS) is 13.7. The average molecular weight is 289 g/mol. The van der Waals surface area contributed by atoms with Gasteiger partial charge in [0.15, 0.2) is 0 Å². The van der Waals surface area contributed by atoms with Crippen LogP contribution in [-0.2, 0) is 4.57 Å². The lowest BCUT2D eigenvalue weighted by atomic mass is 10.2. The van der Waals surface area contributed by atoms with E-state index in [4.69, 9.17) is 15.5 Å². The molecule has 0 saturated carbocycles. The number of rotatable bonds is 3. The number of benzene rings is 1. The number of alkyl halides is 1. The van der Waals surface area contributed by atoms with Crippen LogP contribution < -0.4 is 5.73 Å². The number of fused-ring (bicyclic) bond motifs is 1. The first-order chi connectivity index (χ1) is 8.29. The van der Waals surface area contributed by atoms with Gasteiger partial charge in [-0.25, -0.2) is 4.39 Å². The Bertz CT molecular complexity index is 665. The van der Waals surface area contributed by atoms with Gasteiger partial charge in [-0.05, 0) is 29.1 Å². The van der Waals surface area contributed by atoms with Gasteiger partial charge < -0.3 is 15.5 Å². The Morgan fingerprint density at radius 2 is 2.06 bits per heavy atom. The Morgan fingerprint density at radius 3 is 2.61 bits per heavy atom. The van der Waals surface area contributed by atoms with E-state index in [9.17, 15) is 13.8 Å². The monoisotopic (exact) mass is 289 g/mol. The van der Waals surface area contributed by atoms with Crippen LogP contribution in [0.3, 0.4) is 0 Å². The zero-order valence-corrected chi connectivity index (χ0v) is 10.6. The topological polar surface area (TPSA) is 101 Å². The predicted molar refractivity (Wildman–Crippen MR) is 66.2 cm³/mol. The SMILES string of the molecule is NC(=O)c1cc2cc([C@@H](F)P(=O)(O)O)ccc2s1. The zero-order valence-electron chi connectivity index (χ0n) is 8.91. The van der Waals surface area contributed by atoms with Crippen molar-refractivity contribution >= 4 is 34.9 Å². The maximum absolute atomic E-state index is 13.5. The van der Waals surface area contributed by atoms with Gasteiger partial charge in [0.1, 0.15) is 0 Å². The van der Waals surface area contributed by atoms with Gasteiger partial charge in [-0.2, -0.15) is 0 Å². The molecule has 1 amide bonds. The molecule has 0 bridgehead atoms. The molecule has 18 heavy (non-hydrogen) atoms. The fraction of sp³-hybridized carbons (Fsp3) is 0.100. The van der Waals surface area contributed by atoms with Gasteiger partial charge in [-0.15, -0.1) is 11.3 Å². The molecule has 5 nitrogen and oxygen atoms in total. The highest BCUT2D eigenvalue weighted by Gasteiger charge is 2.30. The Hall–Kier alpha value is -1.27. The van der Waals surface area contributed by atoms with Crippen LogP contribution in [0, 0.1) is 0 Å². The van der Waals surface area contributed by atoms with E-state index in [1.165, 1.54) is 24.3 Å². The van der Waals surface area contributed by atoms with E-state index >= 15 is 0 Å². The highest BCUT2D eigenvalue weighted by Crippen LogP contribution is 2.53. The molecule has 2 rings (SSSR count). The molecule has 1 atom stereocenters. The second-order valence-electron chi connectivity index (χ2n) is 3.70. The zero-order chi connectivity index (χ0) is 13.5. The van der Waals surface area contributed by atoms with Gasteiger partial charge in [0.2, 0.25) is 5.91 Å². The van der Waals surface area contributed by atoms with E-state index in [1.807, 2.05) is 0 Å². The quantitative estimate of drug-likeness (QED) is 0.753. The number of nitrogens with two attached hydrogens (primary N) is 1. The molecule has 0 unspecified atom stereocenters. The standard InChI is InChI=1S/C10H9FNO4PS/c11-9(17(14,15)16)5-1-2-7-6(3-5)4-8(18-7)10(12)13/h1-4,9H,(H2,12,13)(H2,14,15,16)/t9-/m0/s1. The molecule has 0 radical (unpaired) electrons. The van der Waals surface area contributed by atoms with Crippen LogP contribution in [0.2, 0.25) is 0 Å². The van der Waals surface area contributed by atoms with Crippen molar-refractivity contribution in [2.24, 2.45) is 5.73 Å². The summed E-state index contributed by atoms with van der Waals surface area (Å²) in [5.41, 5.74) is 5.00. The fourth-order valence-corrected chi connectivity index (χ4v) is 2.97. The Labute approximate surface area is 105 Å². The van der Waals surface area contributed by atoms with E-state index in [0.717, 1.165) is 11.3 Å². The van der Waals surface area contributed by atoms with E-state index in [0.29, 0.717) is 15.0 Å². The molecule has 96 valence electrons. The summed E-state index contributed by atoms with van der Waals surface area (Å²) in [6.07, 6.45) is 0. The molecule has 1 aromatic heterocycles. The number of primary amides is 1. The molecule has 0 fully saturated rings. The second-order valence-corrected chi connectivity index (χ2v) is 6.41. The number of carbonyl (C=O) groups is 1. The van der Waals surface area contributed by atoms with Gasteiger partial charge in [0.05, 0.1) is 4.88 Å². The summed E-state index contributed by atoms with van der Waals surface area (Å²) >= 11 is 1.14. The van der Waals surface area contributed by atoms with E-state index in [-0.39, 0.29) is 5.56 Å². The highest BCUT2D eigenvalue weighted by molar-refractivity contribution is 7.51. The van der Waals surface area contributed by atoms with Gasteiger partial charge in [-0.3, -0.25) is 9.36 Å². The van der Waals surface area contributed by atoms with Crippen LogP contribution in [0.5, 0.6) is 0 Å². The first-order valence-electron chi connectivity index (χ1n) is 4.81. The number of amides is 1. The molecule has 2 aromatic rings. The summed E-state index contributed by atoms with van der Waals surface area (Å²) in [5.74, 6) is -2.96. The molecular formula is C10H9FNO4PS. The average Bonchev–Trinajstić information content (AvgIpc) is 2.69. The molecule has 8 heteroatoms. The van der Waals surface area contributed by atoms with Crippen LogP contribution in [0.25, 0.3) is 10.1 Å². The van der Waals surface area contributed by atoms with Crippen molar-refractivity contribution < 1.29 is 23.5 Å². The maximum Gasteiger partial charge on any atom is 0.363 e. The third-order valence-corrected chi connectivity index (χ3v) is 4.37. The minimum atomic E-state index is -4.82. The summed E-state index contributed by atoms with van der Waals surface area (Å²) in [7, 11) is -4.82. The summed E-state index contributed by atoms with van der Waals surface area (Å²) in [6.45, 7) is 0. The van der Waals surface area contributed by atoms with Crippen LogP contribution in [-0.4, -0.2) is 15.7 Å². The third-order valence-electron chi connectivity index (χ3n) is 2.35.